The Hall–Kier alpha value is -2.97. The van der Waals surface area contributed by atoms with Gasteiger partial charge in [-0.25, -0.2) is 4.39 Å². The molecule has 3 rings (SSSR count). The molecule has 0 saturated heterocycles. The summed E-state index contributed by atoms with van der Waals surface area (Å²) in [5.74, 6) is -2.40. The van der Waals surface area contributed by atoms with Gasteiger partial charge in [-0.3, -0.25) is 14.9 Å². The number of rotatable bonds is 3. The fourth-order valence-electron chi connectivity index (χ4n) is 2.96. The third-order valence-corrected chi connectivity index (χ3v) is 4.18. The molecule has 0 saturated carbocycles. The number of nitrogens with zero attached hydrogens (tertiary/aromatic N) is 1. The molecule has 2 aromatic rings. The molecule has 136 valence electrons. The van der Waals surface area contributed by atoms with E-state index in [0.29, 0.717) is 25.0 Å². The summed E-state index contributed by atoms with van der Waals surface area (Å²) < 4.78 is 51.6. The van der Waals surface area contributed by atoms with Gasteiger partial charge in [0, 0.05) is 11.8 Å². The second-order valence-electron chi connectivity index (χ2n) is 5.90. The van der Waals surface area contributed by atoms with E-state index in [4.69, 9.17) is 0 Å². The van der Waals surface area contributed by atoms with E-state index in [2.05, 4.69) is 5.32 Å². The van der Waals surface area contributed by atoms with Crippen LogP contribution in [0.15, 0.2) is 30.3 Å². The molecule has 0 radical (unpaired) electrons. The van der Waals surface area contributed by atoms with E-state index in [-0.39, 0.29) is 11.3 Å². The summed E-state index contributed by atoms with van der Waals surface area (Å²) in [5.41, 5.74) is -0.905. The lowest BCUT2D eigenvalue weighted by atomic mass is 10.0. The number of hydrogen-bond donors (Lipinski definition) is 1. The number of carbonyl (C=O) groups excluding carboxylic acids is 1. The van der Waals surface area contributed by atoms with E-state index in [1.54, 1.807) is 0 Å². The van der Waals surface area contributed by atoms with E-state index in [1.807, 2.05) is 0 Å². The van der Waals surface area contributed by atoms with Gasteiger partial charge >= 0.3 is 6.18 Å². The molecule has 2 aromatic carbocycles. The summed E-state index contributed by atoms with van der Waals surface area (Å²) in [4.78, 5) is 22.9. The molecule has 0 bridgehead atoms. The Kier molecular flexibility index (Phi) is 4.39. The van der Waals surface area contributed by atoms with Crippen molar-refractivity contribution in [3.8, 4) is 0 Å². The Morgan fingerprint density at radius 2 is 1.77 bits per heavy atom. The number of hydrogen-bond acceptors (Lipinski definition) is 3. The van der Waals surface area contributed by atoms with Crippen molar-refractivity contribution in [1.29, 1.82) is 0 Å². The summed E-state index contributed by atoms with van der Waals surface area (Å²) in [5, 5.41) is 13.4. The number of anilines is 1. The molecule has 1 amide bonds. The van der Waals surface area contributed by atoms with Crippen molar-refractivity contribution in [1.82, 2.24) is 0 Å². The van der Waals surface area contributed by atoms with Gasteiger partial charge in [0.1, 0.15) is 11.4 Å². The first kappa shape index (κ1) is 17.8. The van der Waals surface area contributed by atoms with Crippen LogP contribution in [-0.4, -0.2) is 10.8 Å². The van der Waals surface area contributed by atoms with E-state index in [1.165, 1.54) is 12.1 Å². The SMILES string of the molecule is O=C(Nc1ccc(F)c(C(F)(F)F)c1)c1cc2c(cc1[N+](=O)[O-])CCC2. The topological polar surface area (TPSA) is 72.2 Å². The Bertz CT molecular complexity index is 910. The molecule has 0 spiro atoms. The lowest BCUT2D eigenvalue weighted by Crippen LogP contribution is -2.16. The number of fused-ring (bicyclic) bond motifs is 1. The maximum atomic E-state index is 13.3. The van der Waals surface area contributed by atoms with Gasteiger partial charge in [-0.2, -0.15) is 13.2 Å². The highest BCUT2D eigenvalue weighted by Crippen LogP contribution is 2.34. The van der Waals surface area contributed by atoms with Gasteiger partial charge in [0.15, 0.2) is 0 Å². The smallest absolute Gasteiger partial charge is 0.322 e. The minimum atomic E-state index is -4.93. The van der Waals surface area contributed by atoms with Gasteiger partial charge < -0.3 is 5.32 Å². The van der Waals surface area contributed by atoms with Crippen LogP contribution in [0.2, 0.25) is 0 Å². The lowest BCUT2D eigenvalue weighted by Gasteiger charge is -2.12. The number of halogens is 4. The highest BCUT2D eigenvalue weighted by molar-refractivity contribution is 6.07. The molecule has 0 unspecified atom stereocenters. The highest BCUT2D eigenvalue weighted by atomic mass is 19.4. The van der Waals surface area contributed by atoms with E-state index in [0.717, 1.165) is 23.6 Å². The molecule has 0 atom stereocenters. The van der Waals surface area contributed by atoms with Crippen LogP contribution in [0.4, 0.5) is 28.9 Å². The Morgan fingerprint density at radius 3 is 2.38 bits per heavy atom. The highest BCUT2D eigenvalue weighted by Gasteiger charge is 2.34. The lowest BCUT2D eigenvalue weighted by molar-refractivity contribution is -0.385. The third kappa shape index (κ3) is 3.37. The minimum absolute atomic E-state index is 0.242. The van der Waals surface area contributed by atoms with Gasteiger partial charge in [-0.1, -0.05) is 0 Å². The molecular formula is C17H12F4N2O3. The average Bonchev–Trinajstić information content (AvgIpc) is 3.01. The number of nitro benzene ring substituents is 1. The fourth-order valence-corrected chi connectivity index (χ4v) is 2.96. The van der Waals surface area contributed by atoms with Gasteiger partial charge in [0.25, 0.3) is 11.6 Å². The molecule has 1 aliphatic rings. The summed E-state index contributed by atoms with van der Waals surface area (Å²) in [7, 11) is 0. The average molecular weight is 368 g/mol. The second-order valence-corrected chi connectivity index (χ2v) is 5.90. The fraction of sp³-hybridized carbons (Fsp3) is 0.235. The maximum Gasteiger partial charge on any atom is 0.419 e. The summed E-state index contributed by atoms with van der Waals surface area (Å²) in [6.07, 6.45) is -2.78. The maximum absolute atomic E-state index is 13.3. The second kappa shape index (κ2) is 6.40. The molecule has 5 nitrogen and oxygen atoms in total. The van der Waals surface area contributed by atoms with Crippen molar-refractivity contribution in [2.24, 2.45) is 0 Å². The molecule has 26 heavy (non-hydrogen) atoms. The molecular weight excluding hydrogens is 356 g/mol. The molecule has 1 N–H and O–H groups in total. The summed E-state index contributed by atoms with van der Waals surface area (Å²) >= 11 is 0. The van der Waals surface area contributed by atoms with Crippen molar-refractivity contribution < 1.29 is 27.3 Å². The minimum Gasteiger partial charge on any atom is -0.322 e. The number of benzene rings is 2. The zero-order valence-corrected chi connectivity index (χ0v) is 13.2. The number of aryl methyl sites for hydroxylation is 2. The molecule has 0 heterocycles. The van der Waals surface area contributed by atoms with Crippen LogP contribution >= 0.6 is 0 Å². The molecule has 0 aromatic heterocycles. The standard InChI is InChI=1S/C17H12F4N2O3/c18-14-5-4-11(8-13(14)17(19,20)21)22-16(24)12-6-9-2-1-3-10(9)7-15(12)23(25)26/h4-8H,1-3H2,(H,22,24). The number of alkyl halides is 3. The molecule has 0 aliphatic heterocycles. The zero-order chi connectivity index (χ0) is 19.1. The van der Waals surface area contributed by atoms with E-state index < -0.39 is 34.1 Å². The van der Waals surface area contributed by atoms with Crippen molar-refractivity contribution in [2.45, 2.75) is 25.4 Å². The first-order chi connectivity index (χ1) is 12.2. The number of nitrogens with one attached hydrogen (secondary N) is 1. The predicted octanol–water partition coefficient (Wildman–Crippen LogP) is 4.49. The van der Waals surface area contributed by atoms with Crippen LogP contribution in [0.5, 0.6) is 0 Å². The summed E-state index contributed by atoms with van der Waals surface area (Å²) in [6, 6.07) is 4.71. The molecule has 1 aliphatic carbocycles. The van der Waals surface area contributed by atoms with Crippen LogP contribution in [0, 0.1) is 15.9 Å². The van der Waals surface area contributed by atoms with Crippen molar-refractivity contribution >= 4 is 17.3 Å². The van der Waals surface area contributed by atoms with Crippen LogP contribution in [0.3, 0.4) is 0 Å². The number of nitro groups is 1. The van der Waals surface area contributed by atoms with E-state index >= 15 is 0 Å². The first-order valence-electron chi connectivity index (χ1n) is 7.65. The third-order valence-electron chi connectivity index (χ3n) is 4.18. The Balaban J connectivity index is 1.95. The normalized spacial score (nSPS) is 13.4. The quantitative estimate of drug-likeness (QED) is 0.493. The van der Waals surface area contributed by atoms with Gasteiger partial charge in [-0.05, 0) is 54.7 Å². The Morgan fingerprint density at radius 1 is 1.12 bits per heavy atom. The number of amides is 1. The van der Waals surface area contributed by atoms with Crippen LogP contribution in [0.1, 0.15) is 33.5 Å². The van der Waals surface area contributed by atoms with Crippen LogP contribution in [0.25, 0.3) is 0 Å². The van der Waals surface area contributed by atoms with Crippen molar-refractivity contribution in [3.05, 3.63) is 68.5 Å². The van der Waals surface area contributed by atoms with E-state index in [9.17, 15) is 32.5 Å². The monoisotopic (exact) mass is 368 g/mol. The number of carbonyl (C=O) groups is 1. The zero-order valence-electron chi connectivity index (χ0n) is 13.2. The van der Waals surface area contributed by atoms with Gasteiger partial charge in [-0.15, -0.1) is 0 Å². The van der Waals surface area contributed by atoms with Gasteiger partial charge in [0.2, 0.25) is 0 Å². The van der Waals surface area contributed by atoms with Crippen LogP contribution < -0.4 is 5.32 Å². The largest absolute Gasteiger partial charge is 0.419 e. The molecule has 9 heteroatoms. The Labute approximate surface area is 144 Å². The molecule has 0 fully saturated rings. The summed E-state index contributed by atoms with van der Waals surface area (Å²) in [6.45, 7) is 0. The van der Waals surface area contributed by atoms with Gasteiger partial charge in [0.05, 0.1) is 10.5 Å². The van der Waals surface area contributed by atoms with Crippen molar-refractivity contribution in [3.63, 3.8) is 0 Å². The van der Waals surface area contributed by atoms with Crippen LogP contribution in [-0.2, 0) is 19.0 Å². The predicted molar refractivity (Wildman–Crippen MR) is 84.5 cm³/mol. The first-order valence-corrected chi connectivity index (χ1v) is 7.65. The van der Waals surface area contributed by atoms with Crippen molar-refractivity contribution in [2.75, 3.05) is 5.32 Å².